The van der Waals surface area contributed by atoms with E-state index < -0.39 is 30.0 Å². The number of nitrogens with one attached hydrogen (secondary N) is 5. The first-order valence-corrected chi connectivity index (χ1v) is 24.5. The van der Waals surface area contributed by atoms with Crippen LogP contribution in [0, 0.1) is 19.8 Å². The monoisotopic (exact) mass is 940 g/mol. The Balaban J connectivity index is 0.871. The van der Waals surface area contributed by atoms with E-state index in [0.29, 0.717) is 68.3 Å². The zero-order valence-electron chi connectivity index (χ0n) is 37.7. The highest BCUT2D eigenvalue weighted by atomic mass is 32.2. The smallest absolute Gasteiger partial charge is 0.315 e. The number of carbonyl (C=O) groups excluding carboxylic acids is 5. The van der Waals surface area contributed by atoms with E-state index in [4.69, 9.17) is 18.7 Å². The standard InChI is InChI=1S/C45H64N8O10S2/c1-27(2)40(36-21-28(3)52-63-36)44(58)53-24-32(54)22-35(53)43(57)49-33(30-9-11-31(12-10-30)42-29(4)48-26-65-42)23-39(56)47-14-16-61-18-20-62-19-17-60-15-13-46-38(55)8-6-5-7-37-41-34(25-64-37)50-45(59)51-41/h9-12,21,26-27,32-35,37,40-41,54H,5-8,13-20,22-25H2,1-4H3,(H,46,55)(H,47,56)(H,49,57)(H2,50,51,59)/t32-,33+,34+,35+,37+,40-,41+/m1/s1. The first-order valence-electron chi connectivity index (χ1n) is 22.6. The SMILES string of the molecule is Cc1cc([C@H](C(=O)N2C[C@H](O)C[C@H]2C(=O)N[C@@H](CC(=O)NCCOCCOCCOCCNC(=O)CCCC[C@@H]2SC[C@@H]3NC(=O)N[C@@H]32)c2ccc(-c3scnc3C)cc2)C(C)C)on1. The van der Waals surface area contributed by atoms with Crippen molar-refractivity contribution in [3.63, 3.8) is 0 Å². The van der Waals surface area contributed by atoms with Gasteiger partial charge in [-0.25, -0.2) is 9.78 Å². The number of aryl methyl sites for hydroxylation is 2. The molecule has 2 aromatic heterocycles. The molecule has 6 rings (SSSR count). The number of carbonyl (C=O) groups is 5. The molecule has 0 saturated carbocycles. The number of aliphatic hydroxyl groups excluding tert-OH is 1. The van der Waals surface area contributed by atoms with Crippen LogP contribution in [0.1, 0.15) is 87.0 Å². The summed E-state index contributed by atoms with van der Waals surface area (Å²) in [7, 11) is 0. The molecule has 356 valence electrons. The van der Waals surface area contributed by atoms with E-state index in [1.54, 1.807) is 18.5 Å². The lowest BCUT2D eigenvalue weighted by Gasteiger charge is -2.30. The summed E-state index contributed by atoms with van der Waals surface area (Å²) >= 11 is 3.41. The summed E-state index contributed by atoms with van der Waals surface area (Å²) in [6.07, 6.45) is 2.27. The topological polar surface area (TPSA) is 236 Å². The van der Waals surface area contributed by atoms with Gasteiger partial charge >= 0.3 is 6.03 Å². The number of aromatic nitrogens is 2. The van der Waals surface area contributed by atoms with E-state index >= 15 is 0 Å². The number of nitrogens with zero attached hydrogens (tertiary/aromatic N) is 3. The molecule has 5 heterocycles. The number of β-amino-alcohol motifs (C(OH)–C–C–N with tert-alkyl or cyclic N) is 1. The van der Waals surface area contributed by atoms with Gasteiger partial charge in [0.2, 0.25) is 23.6 Å². The van der Waals surface area contributed by atoms with Crippen molar-refractivity contribution in [2.45, 2.75) is 108 Å². The molecule has 3 saturated heterocycles. The number of amides is 6. The number of benzene rings is 1. The minimum absolute atomic E-state index is 0.00278. The van der Waals surface area contributed by atoms with Crippen LogP contribution in [0.5, 0.6) is 0 Å². The van der Waals surface area contributed by atoms with Crippen molar-refractivity contribution in [3.05, 3.63) is 58.6 Å². The largest absolute Gasteiger partial charge is 0.391 e. The molecular weight excluding hydrogens is 877 g/mol. The number of ether oxygens (including phenoxy) is 3. The van der Waals surface area contributed by atoms with Crippen molar-refractivity contribution >= 4 is 52.8 Å². The van der Waals surface area contributed by atoms with Crippen molar-refractivity contribution in [2.24, 2.45) is 5.92 Å². The molecule has 6 N–H and O–H groups in total. The molecule has 0 bridgehead atoms. The maximum Gasteiger partial charge on any atom is 0.315 e. The summed E-state index contributed by atoms with van der Waals surface area (Å²) in [6.45, 7) is 10.2. The predicted molar refractivity (Wildman–Crippen MR) is 245 cm³/mol. The number of thiazole rings is 1. The van der Waals surface area contributed by atoms with Gasteiger partial charge in [0.15, 0.2) is 0 Å². The van der Waals surface area contributed by atoms with Crippen LogP contribution < -0.4 is 26.6 Å². The molecule has 0 radical (unpaired) electrons. The van der Waals surface area contributed by atoms with Gasteiger partial charge in [-0.3, -0.25) is 19.2 Å². The first kappa shape index (κ1) is 49.8. The van der Waals surface area contributed by atoms with Crippen molar-refractivity contribution in [2.75, 3.05) is 65.0 Å². The van der Waals surface area contributed by atoms with Crippen molar-refractivity contribution in [1.29, 1.82) is 0 Å². The number of rotatable bonds is 26. The number of urea groups is 1. The zero-order chi connectivity index (χ0) is 46.3. The Morgan fingerprint density at radius 1 is 0.954 bits per heavy atom. The highest BCUT2D eigenvalue weighted by Gasteiger charge is 2.44. The van der Waals surface area contributed by atoms with E-state index in [2.05, 4.69) is 36.7 Å². The van der Waals surface area contributed by atoms with Crippen molar-refractivity contribution < 1.29 is 47.8 Å². The number of aliphatic hydroxyl groups is 1. The van der Waals surface area contributed by atoms with Gasteiger partial charge in [0, 0.05) is 49.5 Å². The molecule has 20 heteroatoms. The van der Waals surface area contributed by atoms with E-state index in [0.717, 1.165) is 41.1 Å². The Labute approximate surface area is 388 Å². The summed E-state index contributed by atoms with van der Waals surface area (Å²) < 4.78 is 22.3. The number of thioether (sulfide) groups is 1. The van der Waals surface area contributed by atoms with Gasteiger partial charge in [-0.05, 0) is 43.7 Å². The van der Waals surface area contributed by atoms with E-state index in [1.807, 2.05) is 56.8 Å². The summed E-state index contributed by atoms with van der Waals surface area (Å²) in [5, 5.41) is 29.8. The first-order chi connectivity index (χ1) is 31.4. The van der Waals surface area contributed by atoms with E-state index in [9.17, 15) is 29.1 Å². The van der Waals surface area contributed by atoms with Crippen molar-refractivity contribution in [3.8, 4) is 10.4 Å². The lowest BCUT2D eigenvalue weighted by molar-refractivity contribution is -0.141. The molecule has 3 fully saturated rings. The minimum atomic E-state index is -0.957. The maximum atomic E-state index is 14.0. The van der Waals surface area contributed by atoms with Crippen LogP contribution in [0.2, 0.25) is 0 Å². The Bertz CT molecular complexity index is 2030. The van der Waals surface area contributed by atoms with Gasteiger partial charge in [-0.1, -0.05) is 49.7 Å². The van der Waals surface area contributed by atoms with Crippen LogP contribution in [0.15, 0.2) is 40.4 Å². The Hall–Kier alpha value is -4.60. The van der Waals surface area contributed by atoms with Gasteiger partial charge < -0.3 is 55.3 Å². The van der Waals surface area contributed by atoms with Crippen LogP contribution >= 0.6 is 23.1 Å². The van der Waals surface area contributed by atoms with Gasteiger partial charge in [0.1, 0.15) is 17.7 Å². The molecule has 1 aromatic carbocycles. The second-order valence-electron chi connectivity index (χ2n) is 17.0. The third-order valence-electron chi connectivity index (χ3n) is 11.7. The van der Waals surface area contributed by atoms with Crippen LogP contribution in [0.3, 0.4) is 0 Å². The number of hydrogen-bond donors (Lipinski definition) is 6. The molecule has 65 heavy (non-hydrogen) atoms. The summed E-state index contributed by atoms with van der Waals surface area (Å²) in [6, 6.07) is 7.97. The third kappa shape index (κ3) is 14.4. The van der Waals surface area contributed by atoms with E-state index in [1.165, 1.54) is 16.2 Å². The lowest BCUT2D eigenvalue weighted by atomic mass is 9.91. The molecule has 3 aliphatic heterocycles. The Kier molecular flexibility index (Phi) is 19.0. The fourth-order valence-electron chi connectivity index (χ4n) is 8.40. The second kappa shape index (κ2) is 24.8. The summed E-state index contributed by atoms with van der Waals surface area (Å²) in [5.74, 6) is -0.624. The average Bonchev–Trinajstić information content (AvgIpc) is 4.13. The van der Waals surface area contributed by atoms with Gasteiger partial charge in [0.05, 0.1) is 92.1 Å². The molecule has 6 amide bonds. The molecule has 3 aliphatic rings. The fraction of sp³-hybridized carbons (Fsp3) is 0.622. The molecule has 0 unspecified atom stereocenters. The number of unbranched alkanes of at least 4 members (excludes halogenated alkanes) is 1. The highest BCUT2D eigenvalue weighted by Crippen LogP contribution is 2.34. The average molecular weight is 941 g/mol. The van der Waals surface area contributed by atoms with Gasteiger partial charge in [-0.15, -0.1) is 11.3 Å². The number of hydrogen-bond acceptors (Lipinski definition) is 14. The van der Waals surface area contributed by atoms with Crippen LogP contribution in [-0.4, -0.2) is 144 Å². The van der Waals surface area contributed by atoms with Crippen molar-refractivity contribution in [1.82, 2.24) is 41.6 Å². The third-order valence-corrected chi connectivity index (χ3v) is 14.2. The molecule has 3 aromatic rings. The molecular formula is C45H64N8O10S2. The highest BCUT2D eigenvalue weighted by molar-refractivity contribution is 8.00. The zero-order valence-corrected chi connectivity index (χ0v) is 39.3. The van der Waals surface area contributed by atoms with E-state index in [-0.39, 0.29) is 74.3 Å². The minimum Gasteiger partial charge on any atom is -0.391 e. The predicted octanol–water partition coefficient (Wildman–Crippen LogP) is 3.37. The maximum absolute atomic E-state index is 14.0. The van der Waals surface area contributed by atoms with Crippen LogP contribution in [-0.2, 0) is 33.4 Å². The normalized spacial score (nSPS) is 21.2. The summed E-state index contributed by atoms with van der Waals surface area (Å²) in [5.41, 5.74) is 5.00. The Morgan fingerprint density at radius 3 is 2.29 bits per heavy atom. The molecule has 18 nitrogen and oxygen atoms in total. The number of fused-ring (bicyclic) bond motifs is 1. The summed E-state index contributed by atoms with van der Waals surface area (Å²) in [4.78, 5) is 71.9. The Morgan fingerprint density at radius 2 is 1.65 bits per heavy atom. The fourth-order valence-corrected chi connectivity index (χ4v) is 10.8. The lowest BCUT2D eigenvalue weighted by Crippen LogP contribution is -2.49. The van der Waals surface area contributed by atoms with Crippen LogP contribution in [0.4, 0.5) is 4.79 Å². The van der Waals surface area contributed by atoms with Gasteiger partial charge in [0.25, 0.3) is 0 Å². The molecule has 7 atom stereocenters. The molecule has 0 spiro atoms. The quantitative estimate of drug-likeness (QED) is 0.0501. The second-order valence-corrected chi connectivity index (χ2v) is 19.2. The molecule has 0 aliphatic carbocycles. The van der Waals surface area contributed by atoms with Crippen LogP contribution in [0.25, 0.3) is 10.4 Å². The number of likely N-dealkylation sites (tertiary alicyclic amines) is 1. The van der Waals surface area contributed by atoms with Gasteiger partial charge in [-0.2, -0.15) is 11.8 Å².